The number of morpholine rings is 1. The molecule has 0 saturated carbocycles. The summed E-state index contributed by atoms with van der Waals surface area (Å²) in [5, 5.41) is 5.31. The number of hydrogen-bond acceptors (Lipinski definition) is 3. The number of hydrogen-bond donors (Lipinski definition) is 2. The first-order valence-corrected chi connectivity index (χ1v) is 5.67. The molecule has 1 heterocycles. The van der Waals surface area contributed by atoms with Crippen molar-refractivity contribution < 1.29 is 18.3 Å². The molecule has 1 atom stereocenters. The van der Waals surface area contributed by atoms with Gasteiger partial charge in [-0.15, -0.1) is 0 Å². The molecule has 1 aromatic rings. The van der Waals surface area contributed by atoms with Gasteiger partial charge in [-0.1, -0.05) is 0 Å². The van der Waals surface area contributed by atoms with E-state index in [1.807, 2.05) is 0 Å². The fraction of sp³-hybridized carbons (Fsp3) is 0.417. The molecule has 1 unspecified atom stereocenters. The lowest BCUT2D eigenvalue weighted by atomic mass is 10.2. The minimum Gasteiger partial charge on any atom is -0.366 e. The van der Waals surface area contributed by atoms with Crippen LogP contribution in [0.2, 0.25) is 0 Å². The van der Waals surface area contributed by atoms with Crippen LogP contribution in [0.25, 0.3) is 0 Å². The average Bonchev–Trinajstić information content (AvgIpc) is 2.37. The Morgan fingerprint density at radius 1 is 1.44 bits per heavy atom. The summed E-state index contributed by atoms with van der Waals surface area (Å²) in [6, 6.07) is 2.02. The van der Waals surface area contributed by atoms with Gasteiger partial charge in [0.05, 0.1) is 12.3 Å². The molecule has 1 saturated heterocycles. The van der Waals surface area contributed by atoms with Crippen molar-refractivity contribution in [3.63, 3.8) is 0 Å². The van der Waals surface area contributed by atoms with Gasteiger partial charge < -0.3 is 15.4 Å². The van der Waals surface area contributed by atoms with Crippen LogP contribution in [0.4, 0.5) is 14.5 Å². The highest BCUT2D eigenvalue weighted by molar-refractivity contribution is 5.94. The third kappa shape index (κ3) is 2.83. The van der Waals surface area contributed by atoms with E-state index in [1.165, 1.54) is 6.92 Å². The van der Waals surface area contributed by atoms with Crippen molar-refractivity contribution in [2.75, 3.05) is 25.0 Å². The second-order valence-corrected chi connectivity index (χ2v) is 4.13. The number of carbonyl (C=O) groups excluding carboxylic acids is 1. The van der Waals surface area contributed by atoms with Gasteiger partial charge in [0.1, 0.15) is 17.7 Å². The fourth-order valence-corrected chi connectivity index (χ4v) is 1.69. The number of amides is 1. The van der Waals surface area contributed by atoms with Gasteiger partial charge in [0.2, 0.25) is 0 Å². The van der Waals surface area contributed by atoms with E-state index in [1.54, 1.807) is 0 Å². The summed E-state index contributed by atoms with van der Waals surface area (Å²) in [6.07, 6.45) is -0.678. The van der Waals surface area contributed by atoms with E-state index in [9.17, 15) is 13.6 Å². The van der Waals surface area contributed by atoms with Crippen LogP contribution in [0.1, 0.15) is 5.56 Å². The van der Waals surface area contributed by atoms with Crippen LogP contribution in [0, 0.1) is 18.6 Å². The predicted octanol–water partition coefficient (Wildman–Crippen LogP) is 1.20. The van der Waals surface area contributed by atoms with Gasteiger partial charge in [0, 0.05) is 19.2 Å². The molecule has 1 aromatic carbocycles. The molecular weight excluding hydrogens is 242 g/mol. The first-order valence-electron chi connectivity index (χ1n) is 5.67. The summed E-state index contributed by atoms with van der Waals surface area (Å²) in [6.45, 7) is 2.92. The Morgan fingerprint density at radius 3 is 2.89 bits per heavy atom. The molecule has 0 radical (unpaired) electrons. The summed E-state index contributed by atoms with van der Waals surface area (Å²) in [5.74, 6) is -1.70. The number of carbonyl (C=O) groups is 1. The average molecular weight is 256 g/mol. The minimum absolute atomic E-state index is 0.169. The van der Waals surface area contributed by atoms with Crippen molar-refractivity contribution in [2.24, 2.45) is 0 Å². The highest BCUT2D eigenvalue weighted by atomic mass is 19.1. The quantitative estimate of drug-likeness (QED) is 0.836. The van der Waals surface area contributed by atoms with E-state index in [0.29, 0.717) is 19.7 Å². The van der Waals surface area contributed by atoms with Crippen molar-refractivity contribution in [3.8, 4) is 0 Å². The summed E-state index contributed by atoms with van der Waals surface area (Å²) in [7, 11) is 0. The lowest BCUT2D eigenvalue weighted by molar-refractivity contribution is -0.128. The number of rotatable bonds is 2. The number of nitrogens with one attached hydrogen (secondary N) is 2. The molecular formula is C12H14F2N2O2. The molecule has 0 bridgehead atoms. The molecule has 4 nitrogen and oxygen atoms in total. The highest BCUT2D eigenvalue weighted by Crippen LogP contribution is 2.19. The Bertz CT molecular complexity index is 460. The van der Waals surface area contributed by atoms with E-state index in [0.717, 1.165) is 12.1 Å². The maximum absolute atomic E-state index is 13.5. The number of ether oxygens (including phenoxy) is 1. The van der Waals surface area contributed by atoms with Crippen LogP contribution in [0.5, 0.6) is 0 Å². The molecule has 1 amide bonds. The smallest absolute Gasteiger partial charge is 0.254 e. The number of halogens is 2. The lowest BCUT2D eigenvalue weighted by Gasteiger charge is -2.22. The van der Waals surface area contributed by atoms with E-state index >= 15 is 0 Å². The maximum atomic E-state index is 13.5. The molecule has 0 aromatic heterocycles. The monoisotopic (exact) mass is 256 g/mol. The number of benzene rings is 1. The topological polar surface area (TPSA) is 50.4 Å². The molecule has 0 aliphatic carbocycles. The molecule has 1 fully saturated rings. The van der Waals surface area contributed by atoms with Crippen LogP contribution >= 0.6 is 0 Å². The molecule has 98 valence electrons. The van der Waals surface area contributed by atoms with E-state index < -0.39 is 23.6 Å². The molecule has 1 aliphatic rings. The van der Waals surface area contributed by atoms with Gasteiger partial charge in [-0.05, 0) is 18.6 Å². The molecule has 18 heavy (non-hydrogen) atoms. The van der Waals surface area contributed by atoms with E-state index in [2.05, 4.69) is 10.6 Å². The standard InChI is InChI=1S/C12H14F2N2O2/c1-7-4-9(14)10(5-8(7)13)16-12(17)11-6-15-2-3-18-11/h4-5,11,15H,2-3,6H2,1H3,(H,16,17). The summed E-state index contributed by atoms with van der Waals surface area (Å²) in [5.41, 5.74) is 0.0263. The van der Waals surface area contributed by atoms with Gasteiger partial charge in [0.25, 0.3) is 5.91 Å². The van der Waals surface area contributed by atoms with Crippen LogP contribution in [-0.4, -0.2) is 31.7 Å². The van der Waals surface area contributed by atoms with Crippen molar-refractivity contribution in [2.45, 2.75) is 13.0 Å². The zero-order valence-corrected chi connectivity index (χ0v) is 9.93. The maximum Gasteiger partial charge on any atom is 0.254 e. The molecule has 2 rings (SSSR count). The van der Waals surface area contributed by atoms with Crippen molar-refractivity contribution in [1.29, 1.82) is 0 Å². The third-order valence-electron chi connectivity index (χ3n) is 2.73. The Labute approximate surface area is 103 Å². The van der Waals surface area contributed by atoms with Crippen molar-refractivity contribution in [3.05, 3.63) is 29.3 Å². The number of anilines is 1. The Hall–Kier alpha value is -1.53. The third-order valence-corrected chi connectivity index (χ3v) is 2.73. The first kappa shape index (κ1) is 12.9. The molecule has 0 spiro atoms. The predicted molar refractivity (Wildman–Crippen MR) is 62.3 cm³/mol. The van der Waals surface area contributed by atoms with Crippen LogP contribution in [0.3, 0.4) is 0 Å². The zero-order chi connectivity index (χ0) is 13.1. The number of aryl methyl sites for hydroxylation is 1. The zero-order valence-electron chi connectivity index (χ0n) is 9.93. The second-order valence-electron chi connectivity index (χ2n) is 4.13. The fourth-order valence-electron chi connectivity index (χ4n) is 1.69. The Kier molecular flexibility index (Phi) is 3.88. The van der Waals surface area contributed by atoms with Gasteiger partial charge in [-0.2, -0.15) is 0 Å². The largest absolute Gasteiger partial charge is 0.366 e. The normalized spacial score (nSPS) is 19.6. The van der Waals surface area contributed by atoms with Crippen LogP contribution in [-0.2, 0) is 9.53 Å². The molecule has 2 N–H and O–H groups in total. The summed E-state index contributed by atoms with van der Waals surface area (Å²) in [4.78, 5) is 11.8. The minimum atomic E-state index is -0.678. The Morgan fingerprint density at radius 2 is 2.22 bits per heavy atom. The lowest BCUT2D eigenvalue weighted by Crippen LogP contribution is -2.45. The van der Waals surface area contributed by atoms with E-state index in [-0.39, 0.29) is 11.3 Å². The SMILES string of the molecule is Cc1cc(F)c(NC(=O)C2CNCCO2)cc1F. The van der Waals surface area contributed by atoms with Crippen LogP contribution in [0.15, 0.2) is 12.1 Å². The van der Waals surface area contributed by atoms with Gasteiger partial charge in [-0.25, -0.2) is 8.78 Å². The van der Waals surface area contributed by atoms with Gasteiger partial charge >= 0.3 is 0 Å². The Balaban J connectivity index is 2.08. The van der Waals surface area contributed by atoms with Crippen molar-refractivity contribution >= 4 is 11.6 Å². The van der Waals surface area contributed by atoms with Gasteiger partial charge in [0.15, 0.2) is 0 Å². The summed E-state index contributed by atoms with van der Waals surface area (Å²) < 4.78 is 32.0. The molecule has 1 aliphatic heterocycles. The van der Waals surface area contributed by atoms with Gasteiger partial charge in [-0.3, -0.25) is 4.79 Å². The first-order chi connectivity index (χ1) is 8.58. The van der Waals surface area contributed by atoms with E-state index in [4.69, 9.17) is 4.74 Å². The van der Waals surface area contributed by atoms with Crippen LogP contribution < -0.4 is 10.6 Å². The highest BCUT2D eigenvalue weighted by Gasteiger charge is 2.22. The second kappa shape index (κ2) is 5.41. The summed E-state index contributed by atoms with van der Waals surface area (Å²) >= 11 is 0. The molecule has 6 heteroatoms. The van der Waals surface area contributed by atoms with Crippen molar-refractivity contribution in [1.82, 2.24) is 5.32 Å².